The summed E-state index contributed by atoms with van der Waals surface area (Å²) >= 11 is 0. The molecule has 1 aromatic heterocycles. The molecule has 0 saturated carbocycles. The van der Waals surface area contributed by atoms with E-state index in [0.29, 0.717) is 19.0 Å². The number of nitrogens with two attached hydrogens (primary N) is 1. The smallest absolute Gasteiger partial charge is 0.148 e. The minimum atomic E-state index is 0.255. The Morgan fingerprint density at radius 1 is 1.29 bits per heavy atom. The molecule has 0 unspecified atom stereocenters. The number of nitrogen functional groups attached to an aromatic ring is 1. The van der Waals surface area contributed by atoms with E-state index in [1.807, 2.05) is 20.8 Å². The van der Waals surface area contributed by atoms with E-state index in [1.165, 1.54) is 0 Å². The lowest BCUT2D eigenvalue weighted by molar-refractivity contribution is 0.210. The first kappa shape index (κ1) is 13.7. The zero-order valence-corrected chi connectivity index (χ0v) is 10.9. The van der Waals surface area contributed by atoms with Gasteiger partial charge >= 0.3 is 0 Å². The van der Waals surface area contributed by atoms with Crippen molar-refractivity contribution in [1.82, 2.24) is 9.97 Å². The Morgan fingerprint density at radius 2 is 1.94 bits per heavy atom. The normalized spacial score (nSPS) is 10.7. The number of anilines is 2. The van der Waals surface area contributed by atoms with Gasteiger partial charge in [-0.3, -0.25) is 0 Å². The molecule has 0 atom stereocenters. The van der Waals surface area contributed by atoms with E-state index >= 15 is 0 Å². The molecule has 96 valence electrons. The Kier molecular flexibility index (Phi) is 5.11. The highest BCUT2D eigenvalue weighted by Crippen LogP contribution is 2.22. The van der Waals surface area contributed by atoms with Crippen LogP contribution in [0, 0.1) is 6.92 Å². The molecule has 0 aliphatic rings. The van der Waals surface area contributed by atoms with Gasteiger partial charge in [0, 0.05) is 25.1 Å². The molecule has 0 aliphatic carbocycles. The first-order valence-corrected chi connectivity index (χ1v) is 5.68. The maximum atomic E-state index is 5.45. The van der Waals surface area contributed by atoms with Crippen molar-refractivity contribution in [2.24, 2.45) is 5.84 Å². The molecule has 0 spiro atoms. The van der Waals surface area contributed by atoms with Crippen molar-refractivity contribution in [2.75, 3.05) is 31.0 Å². The van der Waals surface area contributed by atoms with Crippen LogP contribution in [0.4, 0.5) is 11.6 Å². The summed E-state index contributed by atoms with van der Waals surface area (Å²) in [6, 6.07) is 0. The lowest BCUT2D eigenvalue weighted by Crippen LogP contribution is -2.17. The zero-order valence-electron chi connectivity index (χ0n) is 10.9. The first-order valence-electron chi connectivity index (χ1n) is 5.68. The van der Waals surface area contributed by atoms with Gasteiger partial charge in [0.05, 0.1) is 6.61 Å². The van der Waals surface area contributed by atoms with Crippen molar-refractivity contribution in [3.63, 3.8) is 0 Å². The van der Waals surface area contributed by atoms with Crippen molar-refractivity contribution in [2.45, 2.75) is 26.7 Å². The maximum Gasteiger partial charge on any atom is 0.148 e. The topological polar surface area (TPSA) is 85.1 Å². The summed E-state index contributed by atoms with van der Waals surface area (Å²) in [4.78, 5) is 8.84. The van der Waals surface area contributed by atoms with Crippen LogP contribution in [0.15, 0.2) is 0 Å². The highest BCUT2D eigenvalue weighted by atomic mass is 16.5. The van der Waals surface area contributed by atoms with Gasteiger partial charge in [-0.25, -0.2) is 15.8 Å². The van der Waals surface area contributed by atoms with Crippen LogP contribution in [0.3, 0.4) is 0 Å². The molecule has 6 nitrogen and oxygen atoms in total. The molecule has 0 radical (unpaired) electrons. The van der Waals surface area contributed by atoms with E-state index in [1.54, 1.807) is 7.11 Å². The number of nitrogens with zero attached hydrogens (tertiary/aromatic N) is 2. The van der Waals surface area contributed by atoms with E-state index < -0.39 is 0 Å². The summed E-state index contributed by atoms with van der Waals surface area (Å²) in [5.41, 5.74) is 3.51. The number of hydrogen-bond donors (Lipinski definition) is 3. The number of nitrogens with one attached hydrogen (secondary N) is 2. The third-order valence-corrected chi connectivity index (χ3v) is 2.41. The summed E-state index contributed by atoms with van der Waals surface area (Å²) in [5.74, 6) is 7.93. The minimum Gasteiger partial charge on any atom is -0.383 e. The Balaban J connectivity index is 2.96. The van der Waals surface area contributed by atoms with Crippen molar-refractivity contribution in [1.29, 1.82) is 0 Å². The van der Waals surface area contributed by atoms with Gasteiger partial charge in [0.15, 0.2) is 0 Å². The van der Waals surface area contributed by atoms with E-state index in [4.69, 9.17) is 10.6 Å². The summed E-state index contributed by atoms with van der Waals surface area (Å²) in [5, 5.41) is 3.21. The number of methoxy groups -OCH3 is 1. The van der Waals surface area contributed by atoms with Gasteiger partial charge in [-0.2, -0.15) is 0 Å². The van der Waals surface area contributed by atoms with Crippen LogP contribution in [0.5, 0.6) is 0 Å². The molecule has 0 aliphatic heterocycles. The van der Waals surface area contributed by atoms with Gasteiger partial charge in [-0.1, -0.05) is 13.8 Å². The van der Waals surface area contributed by atoms with Crippen molar-refractivity contribution >= 4 is 11.6 Å². The molecular formula is C11H21N5O. The van der Waals surface area contributed by atoms with Gasteiger partial charge in [0.2, 0.25) is 0 Å². The maximum absolute atomic E-state index is 5.45. The molecule has 0 fully saturated rings. The molecule has 17 heavy (non-hydrogen) atoms. The standard InChI is InChI=1S/C11H21N5O/c1-7(2)9-14-10(13-5-6-17-4)8(3)11(15-9)16-12/h7H,5-6,12H2,1-4H3,(H2,13,14,15,16). The average Bonchev–Trinajstić information content (AvgIpc) is 2.31. The molecule has 0 bridgehead atoms. The van der Waals surface area contributed by atoms with Crippen LogP contribution in [0.25, 0.3) is 0 Å². The Morgan fingerprint density at radius 3 is 2.47 bits per heavy atom. The Hall–Kier alpha value is -1.40. The lowest BCUT2D eigenvalue weighted by Gasteiger charge is -2.14. The Bertz CT molecular complexity index is 367. The monoisotopic (exact) mass is 239 g/mol. The summed E-state index contributed by atoms with van der Waals surface area (Å²) < 4.78 is 4.99. The van der Waals surface area contributed by atoms with Crippen LogP contribution in [0.1, 0.15) is 31.2 Å². The Labute approximate surface area is 102 Å². The average molecular weight is 239 g/mol. The molecule has 0 aromatic carbocycles. The van der Waals surface area contributed by atoms with E-state index in [2.05, 4.69) is 20.7 Å². The van der Waals surface area contributed by atoms with E-state index in [9.17, 15) is 0 Å². The predicted octanol–water partition coefficient (Wildman–Crippen LogP) is 1.25. The van der Waals surface area contributed by atoms with Gasteiger partial charge in [0.1, 0.15) is 17.5 Å². The van der Waals surface area contributed by atoms with Gasteiger partial charge in [-0.05, 0) is 6.92 Å². The molecule has 1 aromatic rings. The van der Waals surface area contributed by atoms with Gasteiger partial charge < -0.3 is 15.5 Å². The van der Waals surface area contributed by atoms with E-state index in [0.717, 1.165) is 17.2 Å². The summed E-state index contributed by atoms with van der Waals surface area (Å²) in [7, 11) is 1.67. The second-order valence-electron chi connectivity index (χ2n) is 4.12. The molecule has 0 saturated heterocycles. The van der Waals surface area contributed by atoms with Crippen LogP contribution in [0.2, 0.25) is 0 Å². The van der Waals surface area contributed by atoms with Crippen molar-refractivity contribution in [3.8, 4) is 0 Å². The summed E-state index contributed by atoms with van der Waals surface area (Å²) in [6.45, 7) is 7.35. The highest BCUT2D eigenvalue weighted by Gasteiger charge is 2.11. The van der Waals surface area contributed by atoms with Crippen LogP contribution >= 0.6 is 0 Å². The number of ether oxygens (including phenoxy) is 1. The predicted molar refractivity (Wildman–Crippen MR) is 69.0 cm³/mol. The molecule has 1 rings (SSSR count). The fourth-order valence-corrected chi connectivity index (χ4v) is 1.38. The van der Waals surface area contributed by atoms with Crippen LogP contribution in [-0.4, -0.2) is 30.2 Å². The third kappa shape index (κ3) is 3.54. The molecule has 1 heterocycles. The zero-order chi connectivity index (χ0) is 12.8. The van der Waals surface area contributed by atoms with Crippen LogP contribution < -0.4 is 16.6 Å². The molecular weight excluding hydrogens is 218 g/mol. The second kappa shape index (κ2) is 6.36. The quantitative estimate of drug-likeness (QED) is 0.393. The van der Waals surface area contributed by atoms with Crippen LogP contribution in [-0.2, 0) is 4.74 Å². The largest absolute Gasteiger partial charge is 0.383 e. The third-order valence-electron chi connectivity index (χ3n) is 2.41. The van der Waals surface area contributed by atoms with E-state index in [-0.39, 0.29) is 5.92 Å². The first-order chi connectivity index (χ1) is 8.10. The second-order valence-corrected chi connectivity index (χ2v) is 4.12. The minimum absolute atomic E-state index is 0.255. The number of aromatic nitrogens is 2. The molecule has 4 N–H and O–H groups in total. The molecule has 0 amide bonds. The highest BCUT2D eigenvalue weighted by molar-refractivity contribution is 5.56. The fraction of sp³-hybridized carbons (Fsp3) is 0.636. The SMILES string of the molecule is COCCNc1nc(C(C)C)nc(NN)c1C. The van der Waals surface area contributed by atoms with Gasteiger partial charge in [0.25, 0.3) is 0 Å². The number of hydrogen-bond acceptors (Lipinski definition) is 6. The van der Waals surface area contributed by atoms with Crippen molar-refractivity contribution in [3.05, 3.63) is 11.4 Å². The number of hydrazine groups is 1. The summed E-state index contributed by atoms with van der Waals surface area (Å²) in [6.07, 6.45) is 0. The fourth-order valence-electron chi connectivity index (χ4n) is 1.38. The lowest BCUT2D eigenvalue weighted by atomic mass is 10.2. The number of rotatable bonds is 6. The van der Waals surface area contributed by atoms with Crippen molar-refractivity contribution < 1.29 is 4.74 Å². The van der Waals surface area contributed by atoms with Gasteiger partial charge in [-0.15, -0.1) is 0 Å². The molecule has 6 heteroatoms.